The first-order valence-electron chi connectivity index (χ1n) is 6.82. The summed E-state index contributed by atoms with van der Waals surface area (Å²) in [5.41, 5.74) is 6.20. The molecule has 0 spiro atoms. The van der Waals surface area contributed by atoms with E-state index in [1.807, 2.05) is 18.8 Å². The molecule has 3 heteroatoms. The van der Waals surface area contributed by atoms with E-state index in [1.54, 1.807) is 0 Å². The van der Waals surface area contributed by atoms with Gasteiger partial charge in [-0.05, 0) is 31.0 Å². The van der Waals surface area contributed by atoms with Gasteiger partial charge in [0.15, 0.2) is 0 Å². The number of benzene rings is 1. The van der Waals surface area contributed by atoms with Gasteiger partial charge in [-0.3, -0.25) is 4.68 Å². The van der Waals surface area contributed by atoms with Crippen LogP contribution in [0.15, 0.2) is 24.3 Å². The molecule has 1 N–H and O–H groups in total. The minimum absolute atomic E-state index is 0.571. The van der Waals surface area contributed by atoms with Crippen LogP contribution in [-0.4, -0.2) is 16.8 Å². The van der Waals surface area contributed by atoms with Gasteiger partial charge in [0.1, 0.15) is 0 Å². The zero-order valence-electron chi connectivity index (χ0n) is 12.5. The second-order valence-electron chi connectivity index (χ2n) is 5.35. The monoisotopic (exact) mass is 257 g/mol. The maximum Gasteiger partial charge on any atom is 0.0797 e. The van der Waals surface area contributed by atoms with Crippen LogP contribution in [0.1, 0.15) is 36.6 Å². The molecule has 2 aromatic rings. The first kappa shape index (κ1) is 13.8. The molecule has 0 bridgehead atoms. The molecule has 19 heavy (non-hydrogen) atoms. The molecule has 1 heterocycles. The van der Waals surface area contributed by atoms with E-state index in [0.717, 1.165) is 12.2 Å². The predicted octanol–water partition coefficient (Wildman–Crippen LogP) is 3.24. The average molecular weight is 257 g/mol. The van der Waals surface area contributed by atoms with Gasteiger partial charge in [-0.2, -0.15) is 5.10 Å². The van der Waals surface area contributed by atoms with Crippen molar-refractivity contribution in [3.63, 3.8) is 0 Å². The Morgan fingerprint density at radius 2 is 1.84 bits per heavy atom. The molecular weight excluding hydrogens is 234 g/mol. The molecular formula is C16H23N3. The Bertz CT molecular complexity index is 550. The van der Waals surface area contributed by atoms with E-state index in [2.05, 4.69) is 55.5 Å². The Morgan fingerprint density at radius 1 is 1.21 bits per heavy atom. The highest BCUT2D eigenvalue weighted by atomic mass is 15.3. The van der Waals surface area contributed by atoms with Crippen molar-refractivity contribution in [1.82, 2.24) is 15.1 Å². The predicted molar refractivity (Wildman–Crippen MR) is 80.2 cm³/mol. The van der Waals surface area contributed by atoms with Gasteiger partial charge < -0.3 is 5.32 Å². The molecule has 0 atom stereocenters. The van der Waals surface area contributed by atoms with Gasteiger partial charge in [-0.1, -0.05) is 38.1 Å². The van der Waals surface area contributed by atoms with E-state index in [0.29, 0.717) is 5.92 Å². The van der Waals surface area contributed by atoms with Gasteiger partial charge >= 0.3 is 0 Å². The molecule has 1 aromatic heterocycles. The number of hydrogen-bond acceptors (Lipinski definition) is 2. The molecule has 0 fully saturated rings. The highest BCUT2D eigenvalue weighted by molar-refractivity contribution is 5.64. The van der Waals surface area contributed by atoms with Gasteiger partial charge in [0.25, 0.3) is 0 Å². The summed E-state index contributed by atoms with van der Waals surface area (Å²) in [4.78, 5) is 0. The Labute approximate surface area is 115 Å². The molecule has 0 aliphatic rings. The molecule has 0 saturated heterocycles. The van der Waals surface area contributed by atoms with Crippen LogP contribution in [0.4, 0.5) is 0 Å². The number of nitrogens with zero attached hydrogens (tertiary/aromatic N) is 2. The molecule has 0 radical (unpaired) electrons. The summed E-state index contributed by atoms with van der Waals surface area (Å²) in [7, 11) is 3.96. The van der Waals surface area contributed by atoms with Gasteiger partial charge in [0.05, 0.1) is 11.4 Å². The summed E-state index contributed by atoms with van der Waals surface area (Å²) in [6.07, 6.45) is 0. The quantitative estimate of drug-likeness (QED) is 0.911. The zero-order chi connectivity index (χ0) is 14.0. The summed E-state index contributed by atoms with van der Waals surface area (Å²) >= 11 is 0. The Kier molecular flexibility index (Phi) is 4.05. The van der Waals surface area contributed by atoms with E-state index >= 15 is 0 Å². The molecule has 3 nitrogen and oxygen atoms in total. The van der Waals surface area contributed by atoms with E-state index in [-0.39, 0.29) is 0 Å². The SMILES string of the molecule is CNCc1nn(C)c(-c2ccc(C(C)C)cc2)c1C. The van der Waals surface area contributed by atoms with Crippen molar-refractivity contribution in [2.24, 2.45) is 7.05 Å². The summed E-state index contributed by atoms with van der Waals surface area (Å²) < 4.78 is 1.98. The molecule has 102 valence electrons. The molecule has 1 aromatic carbocycles. The molecule has 0 unspecified atom stereocenters. The number of aryl methyl sites for hydroxylation is 1. The minimum atomic E-state index is 0.571. The smallest absolute Gasteiger partial charge is 0.0797 e. The van der Waals surface area contributed by atoms with Crippen molar-refractivity contribution in [3.05, 3.63) is 41.1 Å². The highest BCUT2D eigenvalue weighted by Gasteiger charge is 2.13. The van der Waals surface area contributed by atoms with Crippen LogP contribution in [0.25, 0.3) is 11.3 Å². The second-order valence-corrected chi connectivity index (χ2v) is 5.35. The van der Waals surface area contributed by atoms with E-state index in [9.17, 15) is 0 Å². The van der Waals surface area contributed by atoms with Gasteiger partial charge in [0.2, 0.25) is 0 Å². The number of hydrogen-bond donors (Lipinski definition) is 1. The fraction of sp³-hybridized carbons (Fsp3) is 0.438. The first-order valence-corrected chi connectivity index (χ1v) is 6.82. The van der Waals surface area contributed by atoms with Crippen LogP contribution in [-0.2, 0) is 13.6 Å². The lowest BCUT2D eigenvalue weighted by Crippen LogP contribution is -2.06. The Morgan fingerprint density at radius 3 is 2.37 bits per heavy atom. The number of aromatic nitrogens is 2. The van der Waals surface area contributed by atoms with Crippen LogP contribution < -0.4 is 5.32 Å². The largest absolute Gasteiger partial charge is 0.314 e. The number of nitrogens with one attached hydrogen (secondary N) is 1. The highest BCUT2D eigenvalue weighted by Crippen LogP contribution is 2.26. The summed E-state index contributed by atoms with van der Waals surface area (Å²) in [5, 5.41) is 7.75. The Hall–Kier alpha value is -1.61. The van der Waals surface area contributed by atoms with Gasteiger partial charge in [-0.25, -0.2) is 0 Å². The maximum absolute atomic E-state index is 4.59. The zero-order valence-corrected chi connectivity index (χ0v) is 12.5. The fourth-order valence-electron chi connectivity index (χ4n) is 2.45. The van der Waals surface area contributed by atoms with Crippen molar-refractivity contribution in [2.45, 2.75) is 33.2 Å². The lowest BCUT2D eigenvalue weighted by Gasteiger charge is -2.08. The number of rotatable bonds is 4. The molecule has 0 amide bonds. The summed E-state index contributed by atoms with van der Waals surface area (Å²) in [6, 6.07) is 8.82. The van der Waals surface area contributed by atoms with E-state index in [4.69, 9.17) is 0 Å². The van der Waals surface area contributed by atoms with Crippen LogP contribution >= 0.6 is 0 Å². The first-order chi connectivity index (χ1) is 9.04. The van der Waals surface area contributed by atoms with Gasteiger partial charge in [-0.15, -0.1) is 0 Å². The van der Waals surface area contributed by atoms with Crippen LogP contribution in [0.5, 0.6) is 0 Å². The Balaban J connectivity index is 2.41. The van der Waals surface area contributed by atoms with E-state index in [1.165, 1.54) is 22.4 Å². The van der Waals surface area contributed by atoms with Crippen molar-refractivity contribution >= 4 is 0 Å². The maximum atomic E-state index is 4.59. The fourth-order valence-corrected chi connectivity index (χ4v) is 2.45. The average Bonchev–Trinajstić information content (AvgIpc) is 2.65. The van der Waals surface area contributed by atoms with Gasteiger partial charge in [0, 0.05) is 19.2 Å². The van der Waals surface area contributed by atoms with Crippen LogP contribution in [0.2, 0.25) is 0 Å². The van der Waals surface area contributed by atoms with Crippen molar-refractivity contribution < 1.29 is 0 Å². The van der Waals surface area contributed by atoms with Crippen LogP contribution in [0, 0.1) is 6.92 Å². The summed E-state index contributed by atoms with van der Waals surface area (Å²) in [5.74, 6) is 0.571. The summed E-state index contributed by atoms with van der Waals surface area (Å²) in [6.45, 7) is 7.39. The normalized spacial score (nSPS) is 11.3. The minimum Gasteiger partial charge on any atom is -0.314 e. The van der Waals surface area contributed by atoms with Crippen LogP contribution in [0.3, 0.4) is 0 Å². The van der Waals surface area contributed by atoms with E-state index < -0.39 is 0 Å². The molecule has 0 saturated carbocycles. The molecule has 2 rings (SSSR count). The standard InChI is InChI=1S/C16H23N3/c1-11(2)13-6-8-14(9-7-13)16-12(3)15(10-17-4)18-19(16)5/h6-9,11,17H,10H2,1-5H3. The lowest BCUT2D eigenvalue weighted by molar-refractivity contribution is 0.715. The van der Waals surface area contributed by atoms with Crippen molar-refractivity contribution in [3.8, 4) is 11.3 Å². The topological polar surface area (TPSA) is 29.9 Å². The van der Waals surface area contributed by atoms with Crippen molar-refractivity contribution in [2.75, 3.05) is 7.05 Å². The van der Waals surface area contributed by atoms with Crippen molar-refractivity contribution in [1.29, 1.82) is 0 Å². The third-order valence-electron chi connectivity index (χ3n) is 3.58. The lowest BCUT2D eigenvalue weighted by atomic mass is 9.99. The second kappa shape index (κ2) is 5.57. The third-order valence-corrected chi connectivity index (χ3v) is 3.58. The molecule has 0 aliphatic heterocycles. The molecule has 0 aliphatic carbocycles. The third kappa shape index (κ3) is 2.71.